The quantitative estimate of drug-likeness (QED) is 0.841. The van der Waals surface area contributed by atoms with Crippen molar-refractivity contribution >= 4 is 11.7 Å². The zero-order valence-corrected chi connectivity index (χ0v) is 14.6. The van der Waals surface area contributed by atoms with Crippen LogP contribution in [0.1, 0.15) is 17.0 Å². The van der Waals surface area contributed by atoms with E-state index < -0.39 is 6.10 Å². The standard InChI is InChI=1S/C17H26N4O3/c1-11-8-12(2)18-13(3)16(11)19-17(23)21-9-14(15(22)10-21)20-4-6-24-7-5-20/h8,14-15,22H,4-7,9-10H2,1-3H3,(H,19,23)/t14-,15-/m0/s1. The number of morpholine rings is 1. The molecule has 2 N–H and O–H groups in total. The highest BCUT2D eigenvalue weighted by Gasteiger charge is 2.38. The zero-order valence-electron chi connectivity index (χ0n) is 14.6. The average molecular weight is 334 g/mol. The second-order valence-electron chi connectivity index (χ2n) is 6.66. The molecule has 2 atom stereocenters. The van der Waals surface area contributed by atoms with Crippen molar-refractivity contribution in [2.24, 2.45) is 0 Å². The van der Waals surface area contributed by atoms with Gasteiger partial charge in [0.25, 0.3) is 0 Å². The Hall–Kier alpha value is -1.70. The number of rotatable bonds is 2. The number of aryl methyl sites for hydroxylation is 3. The number of aliphatic hydroxyl groups excluding tert-OH is 1. The number of ether oxygens (including phenoxy) is 1. The lowest BCUT2D eigenvalue weighted by Crippen LogP contribution is -2.49. The van der Waals surface area contributed by atoms with Crippen LogP contribution < -0.4 is 5.32 Å². The molecule has 132 valence electrons. The Morgan fingerprint density at radius 3 is 2.67 bits per heavy atom. The summed E-state index contributed by atoms with van der Waals surface area (Å²) < 4.78 is 5.36. The number of pyridine rings is 1. The molecule has 0 saturated carbocycles. The zero-order chi connectivity index (χ0) is 17.3. The number of nitrogens with one attached hydrogen (secondary N) is 1. The summed E-state index contributed by atoms with van der Waals surface area (Å²) in [5.74, 6) is 0. The van der Waals surface area contributed by atoms with E-state index in [9.17, 15) is 9.90 Å². The van der Waals surface area contributed by atoms with Gasteiger partial charge in [0, 0.05) is 25.3 Å². The van der Waals surface area contributed by atoms with E-state index in [1.165, 1.54) is 0 Å². The van der Waals surface area contributed by atoms with Crippen LogP contribution in [-0.2, 0) is 4.74 Å². The Morgan fingerprint density at radius 2 is 2.00 bits per heavy atom. The maximum Gasteiger partial charge on any atom is 0.322 e. The number of carbonyl (C=O) groups excluding carboxylic acids is 1. The van der Waals surface area contributed by atoms with Crippen molar-refractivity contribution in [3.63, 3.8) is 0 Å². The molecule has 2 saturated heterocycles. The third-order valence-electron chi connectivity index (χ3n) is 4.82. The van der Waals surface area contributed by atoms with Crippen LogP contribution in [0.5, 0.6) is 0 Å². The molecule has 7 heteroatoms. The van der Waals surface area contributed by atoms with Gasteiger partial charge in [-0.3, -0.25) is 9.88 Å². The molecule has 0 aliphatic carbocycles. The number of aliphatic hydroxyl groups is 1. The molecule has 3 heterocycles. The molecule has 1 aromatic rings. The minimum atomic E-state index is -0.521. The predicted molar refractivity (Wildman–Crippen MR) is 91.2 cm³/mol. The van der Waals surface area contributed by atoms with Crippen LogP contribution in [0, 0.1) is 20.8 Å². The summed E-state index contributed by atoms with van der Waals surface area (Å²) in [6, 6.07) is 1.76. The van der Waals surface area contributed by atoms with Gasteiger partial charge in [0.2, 0.25) is 0 Å². The maximum absolute atomic E-state index is 12.6. The maximum atomic E-state index is 12.6. The van der Waals surface area contributed by atoms with E-state index in [1.807, 2.05) is 26.8 Å². The fraction of sp³-hybridized carbons (Fsp3) is 0.647. The van der Waals surface area contributed by atoms with E-state index >= 15 is 0 Å². The van der Waals surface area contributed by atoms with Crippen LogP contribution in [0.15, 0.2) is 6.07 Å². The first-order chi connectivity index (χ1) is 11.5. The summed E-state index contributed by atoms with van der Waals surface area (Å²) in [6.07, 6.45) is -0.521. The highest BCUT2D eigenvalue weighted by atomic mass is 16.5. The van der Waals surface area contributed by atoms with Crippen LogP contribution >= 0.6 is 0 Å². The molecule has 2 aliphatic heterocycles. The molecular weight excluding hydrogens is 308 g/mol. The van der Waals surface area contributed by atoms with E-state index in [-0.39, 0.29) is 12.1 Å². The molecule has 0 radical (unpaired) electrons. The second kappa shape index (κ2) is 7.04. The number of amides is 2. The van der Waals surface area contributed by atoms with Crippen molar-refractivity contribution in [2.45, 2.75) is 32.9 Å². The molecule has 0 aromatic carbocycles. The molecule has 0 unspecified atom stereocenters. The first kappa shape index (κ1) is 17.1. The number of likely N-dealkylation sites (tertiary alicyclic amines) is 1. The minimum absolute atomic E-state index is 0.0158. The van der Waals surface area contributed by atoms with Crippen molar-refractivity contribution in [2.75, 3.05) is 44.7 Å². The third-order valence-corrected chi connectivity index (χ3v) is 4.82. The van der Waals surface area contributed by atoms with Crippen LogP contribution in [0.25, 0.3) is 0 Å². The molecule has 2 aliphatic rings. The van der Waals surface area contributed by atoms with Gasteiger partial charge in [-0.2, -0.15) is 0 Å². The summed E-state index contributed by atoms with van der Waals surface area (Å²) in [5, 5.41) is 13.3. The lowest BCUT2D eigenvalue weighted by atomic mass is 10.1. The van der Waals surface area contributed by atoms with E-state index in [0.29, 0.717) is 26.3 Å². The molecule has 1 aromatic heterocycles. The van der Waals surface area contributed by atoms with Gasteiger partial charge in [0.15, 0.2) is 0 Å². The van der Waals surface area contributed by atoms with Crippen LogP contribution in [0.2, 0.25) is 0 Å². The van der Waals surface area contributed by atoms with E-state index in [1.54, 1.807) is 4.90 Å². The van der Waals surface area contributed by atoms with Gasteiger partial charge in [0.1, 0.15) is 0 Å². The lowest BCUT2D eigenvalue weighted by molar-refractivity contribution is -0.00607. The first-order valence-corrected chi connectivity index (χ1v) is 8.46. The van der Waals surface area contributed by atoms with Gasteiger partial charge in [-0.05, 0) is 32.4 Å². The Balaban J connectivity index is 1.66. The van der Waals surface area contributed by atoms with Crippen molar-refractivity contribution in [1.82, 2.24) is 14.8 Å². The Bertz CT molecular complexity index is 593. The van der Waals surface area contributed by atoms with Crippen molar-refractivity contribution in [1.29, 1.82) is 0 Å². The van der Waals surface area contributed by atoms with Gasteiger partial charge in [-0.1, -0.05) is 0 Å². The molecular formula is C17H26N4O3. The topological polar surface area (TPSA) is 77.9 Å². The molecule has 7 nitrogen and oxygen atoms in total. The summed E-state index contributed by atoms with van der Waals surface area (Å²) >= 11 is 0. The molecule has 3 rings (SSSR count). The van der Waals surface area contributed by atoms with Gasteiger partial charge in [0.05, 0.1) is 43.3 Å². The second-order valence-corrected chi connectivity index (χ2v) is 6.66. The fourth-order valence-corrected chi connectivity index (χ4v) is 3.60. The van der Waals surface area contributed by atoms with Crippen molar-refractivity contribution in [3.05, 3.63) is 23.0 Å². The SMILES string of the molecule is Cc1cc(C)c(NC(=O)N2C[C@H](O)[C@@H](N3CCOCC3)C2)c(C)n1. The minimum Gasteiger partial charge on any atom is -0.390 e. The van der Waals surface area contributed by atoms with Gasteiger partial charge >= 0.3 is 6.03 Å². The van der Waals surface area contributed by atoms with E-state index in [0.717, 1.165) is 35.7 Å². The monoisotopic (exact) mass is 334 g/mol. The van der Waals surface area contributed by atoms with Gasteiger partial charge in [-0.15, -0.1) is 0 Å². The Labute approximate surface area is 142 Å². The molecule has 0 bridgehead atoms. The average Bonchev–Trinajstić information content (AvgIpc) is 2.93. The van der Waals surface area contributed by atoms with Gasteiger partial charge < -0.3 is 20.1 Å². The van der Waals surface area contributed by atoms with Crippen LogP contribution in [0.4, 0.5) is 10.5 Å². The smallest absolute Gasteiger partial charge is 0.322 e. The highest BCUT2D eigenvalue weighted by molar-refractivity contribution is 5.91. The summed E-state index contributed by atoms with van der Waals surface area (Å²) in [7, 11) is 0. The number of aromatic nitrogens is 1. The van der Waals surface area contributed by atoms with Crippen molar-refractivity contribution in [3.8, 4) is 0 Å². The van der Waals surface area contributed by atoms with Gasteiger partial charge in [-0.25, -0.2) is 4.79 Å². The number of carbonyl (C=O) groups is 1. The number of hydrogen-bond acceptors (Lipinski definition) is 5. The largest absolute Gasteiger partial charge is 0.390 e. The summed E-state index contributed by atoms with van der Waals surface area (Å²) in [5.41, 5.74) is 3.50. The number of β-amino-alcohol motifs (C(OH)–C–C–N with tert-alkyl or cyclic N) is 1. The summed E-state index contributed by atoms with van der Waals surface area (Å²) in [6.45, 7) is 9.66. The Morgan fingerprint density at radius 1 is 1.29 bits per heavy atom. The van der Waals surface area contributed by atoms with Crippen LogP contribution in [0.3, 0.4) is 0 Å². The highest BCUT2D eigenvalue weighted by Crippen LogP contribution is 2.22. The lowest BCUT2D eigenvalue weighted by Gasteiger charge is -2.33. The Kier molecular flexibility index (Phi) is 5.03. The van der Waals surface area contributed by atoms with E-state index in [4.69, 9.17) is 4.74 Å². The van der Waals surface area contributed by atoms with Crippen molar-refractivity contribution < 1.29 is 14.6 Å². The molecule has 2 fully saturated rings. The number of nitrogens with zero attached hydrogens (tertiary/aromatic N) is 3. The number of urea groups is 1. The normalized spacial score (nSPS) is 25.1. The molecule has 2 amide bonds. The summed E-state index contributed by atoms with van der Waals surface area (Å²) in [4.78, 5) is 20.9. The molecule has 24 heavy (non-hydrogen) atoms. The molecule has 0 spiro atoms. The number of hydrogen-bond donors (Lipinski definition) is 2. The van der Waals surface area contributed by atoms with E-state index in [2.05, 4.69) is 15.2 Å². The first-order valence-electron chi connectivity index (χ1n) is 8.46. The number of anilines is 1. The third kappa shape index (κ3) is 3.53. The predicted octanol–water partition coefficient (Wildman–Crippen LogP) is 0.916. The fourth-order valence-electron chi connectivity index (χ4n) is 3.60. The van der Waals surface area contributed by atoms with Crippen LogP contribution in [-0.4, -0.2) is 77.5 Å².